The molecule has 3 rings (SSSR count). The minimum absolute atomic E-state index is 0.0348. The number of aryl methyl sites for hydroxylation is 1. The quantitative estimate of drug-likeness (QED) is 0.676. The van der Waals surface area contributed by atoms with Crippen LogP contribution in [0.15, 0.2) is 30.3 Å². The van der Waals surface area contributed by atoms with Gasteiger partial charge in [0.15, 0.2) is 11.6 Å². The maximum absolute atomic E-state index is 14.4. The summed E-state index contributed by atoms with van der Waals surface area (Å²) < 4.78 is 41.6. The topological polar surface area (TPSA) is 0 Å². The minimum atomic E-state index is -0.798. The molecule has 3 heteroatoms. The van der Waals surface area contributed by atoms with E-state index in [0.29, 0.717) is 30.4 Å². The van der Waals surface area contributed by atoms with E-state index in [1.807, 2.05) is 12.1 Å². The van der Waals surface area contributed by atoms with E-state index in [-0.39, 0.29) is 11.7 Å². The Kier molecular flexibility index (Phi) is 4.74. The fourth-order valence-electron chi connectivity index (χ4n) is 3.48. The van der Waals surface area contributed by atoms with Gasteiger partial charge in [-0.05, 0) is 72.4 Å². The van der Waals surface area contributed by atoms with Crippen LogP contribution >= 0.6 is 0 Å². The van der Waals surface area contributed by atoms with Crippen LogP contribution in [0.2, 0.25) is 0 Å². The highest BCUT2D eigenvalue weighted by molar-refractivity contribution is 5.36. The summed E-state index contributed by atoms with van der Waals surface area (Å²) in [6.07, 6.45) is 4.72. The summed E-state index contributed by atoms with van der Waals surface area (Å²) in [6.45, 7) is 2.12. The van der Waals surface area contributed by atoms with Gasteiger partial charge in [-0.3, -0.25) is 0 Å². The molecule has 0 saturated carbocycles. The van der Waals surface area contributed by atoms with E-state index in [1.165, 1.54) is 6.07 Å². The molecule has 23 heavy (non-hydrogen) atoms. The van der Waals surface area contributed by atoms with E-state index in [2.05, 4.69) is 6.92 Å². The second-order valence-electron chi connectivity index (χ2n) is 6.40. The monoisotopic (exact) mass is 318 g/mol. The highest BCUT2D eigenvalue weighted by Gasteiger charge is 2.25. The summed E-state index contributed by atoms with van der Waals surface area (Å²) in [5, 5.41) is 0. The van der Waals surface area contributed by atoms with Crippen LogP contribution < -0.4 is 0 Å². The highest BCUT2D eigenvalue weighted by atomic mass is 19.2. The zero-order chi connectivity index (χ0) is 16.4. The van der Waals surface area contributed by atoms with Gasteiger partial charge in [0, 0.05) is 0 Å². The molecular weight excluding hydrogens is 297 g/mol. The first-order valence-electron chi connectivity index (χ1n) is 8.34. The second kappa shape index (κ2) is 6.77. The lowest BCUT2D eigenvalue weighted by Crippen LogP contribution is -2.16. The molecule has 0 spiro atoms. The molecule has 122 valence electrons. The van der Waals surface area contributed by atoms with Gasteiger partial charge in [-0.2, -0.15) is 0 Å². The fourth-order valence-corrected chi connectivity index (χ4v) is 3.48. The lowest BCUT2D eigenvalue weighted by atomic mass is 9.79. The van der Waals surface area contributed by atoms with E-state index in [0.717, 1.165) is 30.4 Å². The van der Waals surface area contributed by atoms with Crippen molar-refractivity contribution in [2.24, 2.45) is 0 Å². The number of rotatable bonds is 4. The number of hydrogen-bond acceptors (Lipinski definition) is 0. The highest BCUT2D eigenvalue weighted by Crippen LogP contribution is 2.35. The molecule has 1 atom stereocenters. The Balaban J connectivity index is 1.82. The van der Waals surface area contributed by atoms with Crippen LogP contribution in [-0.4, -0.2) is 0 Å². The number of unbranched alkanes of at least 4 members (excludes halogenated alkanes) is 1. The standard InChI is InChI=1S/C20H21F3/c1-2-3-4-13-5-8-16(19(22)11-13)14-6-9-17-15(12-14)7-10-18(21)20(17)23/h5,7-8,10-11,14H,2-4,6,9,12H2,1H3. The van der Waals surface area contributed by atoms with Crippen molar-refractivity contribution >= 4 is 0 Å². The summed E-state index contributed by atoms with van der Waals surface area (Å²) in [7, 11) is 0. The van der Waals surface area contributed by atoms with E-state index < -0.39 is 11.6 Å². The van der Waals surface area contributed by atoms with Gasteiger partial charge in [0.1, 0.15) is 5.82 Å². The maximum atomic E-state index is 14.4. The molecule has 0 saturated heterocycles. The van der Waals surface area contributed by atoms with Crippen LogP contribution in [-0.2, 0) is 19.3 Å². The predicted octanol–water partition coefficient (Wildman–Crippen LogP) is 5.72. The molecule has 0 aliphatic heterocycles. The number of halogens is 3. The Morgan fingerprint density at radius 2 is 1.87 bits per heavy atom. The molecule has 1 aliphatic carbocycles. The third-order valence-electron chi connectivity index (χ3n) is 4.83. The van der Waals surface area contributed by atoms with Crippen LogP contribution in [0.5, 0.6) is 0 Å². The molecular formula is C20H21F3. The van der Waals surface area contributed by atoms with Crippen LogP contribution in [0.25, 0.3) is 0 Å². The van der Waals surface area contributed by atoms with E-state index >= 15 is 0 Å². The average Bonchev–Trinajstić information content (AvgIpc) is 2.56. The molecule has 0 heterocycles. The van der Waals surface area contributed by atoms with Crippen molar-refractivity contribution in [1.29, 1.82) is 0 Å². The summed E-state index contributed by atoms with van der Waals surface area (Å²) in [5.74, 6) is -1.67. The summed E-state index contributed by atoms with van der Waals surface area (Å²) in [5.41, 5.74) is 2.98. The van der Waals surface area contributed by atoms with E-state index in [1.54, 1.807) is 12.1 Å². The molecule has 0 nitrogen and oxygen atoms in total. The van der Waals surface area contributed by atoms with Crippen LogP contribution in [0.4, 0.5) is 13.2 Å². The first-order valence-corrected chi connectivity index (χ1v) is 8.34. The van der Waals surface area contributed by atoms with Crippen molar-refractivity contribution < 1.29 is 13.2 Å². The van der Waals surface area contributed by atoms with Gasteiger partial charge in [-0.25, -0.2) is 13.2 Å². The van der Waals surface area contributed by atoms with Gasteiger partial charge >= 0.3 is 0 Å². The maximum Gasteiger partial charge on any atom is 0.162 e. The van der Waals surface area contributed by atoms with Gasteiger partial charge < -0.3 is 0 Å². The van der Waals surface area contributed by atoms with E-state index in [4.69, 9.17) is 0 Å². The zero-order valence-corrected chi connectivity index (χ0v) is 13.3. The molecule has 1 unspecified atom stereocenters. The molecule has 0 N–H and O–H groups in total. The predicted molar refractivity (Wildman–Crippen MR) is 86.1 cm³/mol. The number of hydrogen-bond donors (Lipinski definition) is 0. The summed E-state index contributed by atoms with van der Waals surface area (Å²) >= 11 is 0. The SMILES string of the molecule is CCCCc1ccc(C2CCc3c(ccc(F)c3F)C2)c(F)c1. The third kappa shape index (κ3) is 3.29. The largest absolute Gasteiger partial charge is 0.207 e. The van der Waals surface area contributed by atoms with Crippen molar-refractivity contribution in [2.45, 2.75) is 51.4 Å². The molecule has 2 aromatic rings. The van der Waals surface area contributed by atoms with Gasteiger partial charge in [0.2, 0.25) is 0 Å². The van der Waals surface area contributed by atoms with Crippen LogP contribution in [0.1, 0.15) is 54.4 Å². The smallest absolute Gasteiger partial charge is 0.162 e. The molecule has 0 radical (unpaired) electrons. The zero-order valence-electron chi connectivity index (χ0n) is 13.3. The Bertz CT molecular complexity index is 706. The van der Waals surface area contributed by atoms with Crippen molar-refractivity contribution in [3.63, 3.8) is 0 Å². The van der Waals surface area contributed by atoms with Gasteiger partial charge in [-0.15, -0.1) is 0 Å². The first-order chi connectivity index (χ1) is 11.1. The Hall–Kier alpha value is -1.77. The normalized spacial score (nSPS) is 17.1. The lowest BCUT2D eigenvalue weighted by molar-refractivity contribution is 0.473. The van der Waals surface area contributed by atoms with Crippen molar-refractivity contribution in [2.75, 3.05) is 0 Å². The summed E-state index contributed by atoms with van der Waals surface area (Å²) in [4.78, 5) is 0. The molecule has 0 amide bonds. The number of fused-ring (bicyclic) bond motifs is 1. The van der Waals surface area contributed by atoms with Gasteiger partial charge in [0.25, 0.3) is 0 Å². The van der Waals surface area contributed by atoms with Crippen LogP contribution in [0.3, 0.4) is 0 Å². The first kappa shape index (κ1) is 16.1. The Labute approximate surface area is 135 Å². The molecule has 1 aliphatic rings. The molecule has 2 aromatic carbocycles. The second-order valence-corrected chi connectivity index (χ2v) is 6.40. The number of benzene rings is 2. The Morgan fingerprint density at radius 1 is 1.04 bits per heavy atom. The fraction of sp³-hybridized carbons (Fsp3) is 0.400. The molecule has 0 aromatic heterocycles. The van der Waals surface area contributed by atoms with Gasteiger partial charge in [0.05, 0.1) is 0 Å². The van der Waals surface area contributed by atoms with Crippen molar-refractivity contribution in [1.82, 2.24) is 0 Å². The van der Waals surface area contributed by atoms with E-state index in [9.17, 15) is 13.2 Å². The Morgan fingerprint density at radius 3 is 2.61 bits per heavy atom. The minimum Gasteiger partial charge on any atom is -0.207 e. The summed E-state index contributed by atoms with van der Waals surface area (Å²) in [6, 6.07) is 8.30. The average molecular weight is 318 g/mol. The van der Waals surface area contributed by atoms with Crippen LogP contribution in [0, 0.1) is 17.5 Å². The van der Waals surface area contributed by atoms with Crippen molar-refractivity contribution in [3.8, 4) is 0 Å². The molecule has 0 bridgehead atoms. The van der Waals surface area contributed by atoms with Crippen molar-refractivity contribution in [3.05, 3.63) is 70.0 Å². The third-order valence-corrected chi connectivity index (χ3v) is 4.83. The van der Waals surface area contributed by atoms with Gasteiger partial charge in [-0.1, -0.05) is 31.5 Å². The molecule has 0 fully saturated rings. The lowest BCUT2D eigenvalue weighted by Gasteiger charge is -2.26.